The van der Waals surface area contributed by atoms with Gasteiger partial charge in [0.05, 0.1) is 23.6 Å². The Balaban J connectivity index is 0.00000167. The zero-order valence-electron chi connectivity index (χ0n) is 21.4. The van der Waals surface area contributed by atoms with E-state index in [0.717, 1.165) is 53.7 Å². The van der Waals surface area contributed by atoms with Gasteiger partial charge in [-0.15, -0.1) is 11.8 Å². The normalized spacial score (nSPS) is 13.2. The van der Waals surface area contributed by atoms with E-state index in [4.69, 9.17) is 15.2 Å². The van der Waals surface area contributed by atoms with E-state index < -0.39 is 0 Å². The number of nitrogens with zero attached hydrogens (tertiary/aromatic N) is 1. The van der Waals surface area contributed by atoms with Crippen LogP contribution in [0, 0.1) is 0 Å². The highest BCUT2D eigenvalue weighted by atomic mass is 32.2. The first kappa shape index (κ1) is 26.7. The molecule has 4 N–H and O–H groups in total. The van der Waals surface area contributed by atoms with Crippen molar-refractivity contribution in [2.75, 3.05) is 49.0 Å². The minimum atomic E-state index is -0.230. The lowest BCUT2D eigenvalue weighted by Crippen LogP contribution is -2.29. The Bertz CT molecular complexity index is 1080. The van der Waals surface area contributed by atoms with Gasteiger partial charge in [0.15, 0.2) is 0 Å². The van der Waals surface area contributed by atoms with Gasteiger partial charge in [0, 0.05) is 30.8 Å². The number of hydrogen-bond donors (Lipinski definition) is 3. The summed E-state index contributed by atoms with van der Waals surface area (Å²) < 4.78 is 11.8. The van der Waals surface area contributed by atoms with E-state index in [9.17, 15) is 0 Å². The van der Waals surface area contributed by atoms with Crippen LogP contribution in [-0.4, -0.2) is 33.1 Å². The lowest BCUT2D eigenvalue weighted by molar-refractivity contribution is 0.0718. The Morgan fingerprint density at radius 1 is 1.09 bits per heavy atom. The average molecular weight is 495 g/mol. The molecule has 0 radical (unpaired) electrons. The fourth-order valence-electron chi connectivity index (χ4n) is 4.01. The quantitative estimate of drug-likeness (QED) is 0.180. The van der Waals surface area contributed by atoms with Crippen molar-refractivity contribution in [3.8, 4) is 5.75 Å². The summed E-state index contributed by atoms with van der Waals surface area (Å²) in [7, 11) is 1.72. The molecule has 1 atom stereocenters. The van der Waals surface area contributed by atoms with Gasteiger partial charge in [-0.2, -0.15) is 0 Å². The molecule has 0 amide bonds. The van der Waals surface area contributed by atoms with Crippen LogP contribution in [0.4, 0.5) is 22.7 Å². The zero-order chi connectivity index (χ0) is 25.2. The molecule has 0 aliphatic carbocycles. The summed E-state index contributed by atoms with van der Waals surface area (Å²) in [6.07, 6.45) is 1.85. The molecule has 0 spiro atoms. The molecular weight excluding hydrogens is 456 g/mol. The fraction of sp³-hybridized carbons (Fsp3) is 0.357. The number of hydrogen-bond acceptors (Lipinski definition) is 7. The van der Waals surface area contributed by atoms with Gasteiger partial charge >= 0.3 is 0 Å². The van der Waals surface area contributed by atoms with Gasteiger partial charge in [0.25, 0.3) is 0 Å². The van der Waals surface area contributed by atoms with Crippen LogP contribution in [0.15, 0.2) is 65.6 Å². The van der Waals surface area contributed by atoms with Crippen molar-refractivity contribution in [3.05, 3.63) is 71.8 Å². The second-order valence-electron chi connectivity index (χ2n) is 7.87. The number of methoxy groups -OCH3 is 1. The first-order chi connectivity index (χ1) is 17.1. The smallest absolute Gasteiger partial charge is 0.143 e. The van der Waals surface area contributed by atoms with Crippen LogP contribution in [0.2, 0.25) is 0 Å². The predicted octanol–water partition coefficient (Wildman–Crippen LogP) is 6.41. The van der Waals surface area contributed by atoms with E-state index in [0.29, 0.717) is 6.61 Å². The van der Waals surface area contributed by atoms with Crippen LogP contribution in [0.3, 0.4) is 0 Å². The van der Waals surface area contributed by atoms with Gasteiger partial charge in [-0.3, -0.25) is 5.32 Å². The third kappa shape index (κ3) is 6.63. The largest absolute Gasteiger partial charge is 0.490 e. The summed E-state index contributed by atoms with van der Waals surface area (Å²) in [5.41, 5.74) is 12.2. The van der Waals surface area contributed by atoms with E-state index in [-0.39, 0.29) is 6.23 Å². The number of nitrogen functional groups attached to an aromatic ring is 1. The lowest BCUT2D eigenvalue weighted by atomic mass is 10.1. The highest BCUT2D eigenvalue weighted by molar-refractivity contribution is 7.98. The predicted molar refractivity (Wildman–Crippen MR) is 150 cm³/mol. The number of ether oxygens (including phenoxy) is 2. The Kier molecular flexibility index (Phi) is 10.1. The van der Waals surface area contributed by atoms with Crippen LogP contribution < -0.4 is 26.0 Å². The van der Waals surface area contributed by atoms with Crippen molar-refractivity contribution < 1.29 is 9.47 Å². The monoisotopic (exact) mass is 494 g/mol. The van der Waals surface area contributed by atoms with Crippen LogP contribution in [0.1, 0.15) is 38.1 Å². The van der Waals surface area contributed by atoms with Crippen LogP contribution >= 0.6 is 11.8 Å². The first-order valence-electron chi connectivity index (χ1n) is 12.2. The SMILES string of the molecule is CC.CCNc1cc(N2CCOc3cc(C(NCc4ccc(SC)cc4)OC)ccc32)ccc1N. The molecule has 0 bridgehead atoms. The van der Waals surface area contributed by atoms with E-state index in [2.05, 4.69) is 83.3 Å². The van der Waals surface area contributed by atoms with Crippen molar-refractivity contribution in [2.24, 2.45) is 0 Å². The molecule has 4 rings (SSSR count). The Hall–Kier alpha value is -2.87. The Labute approximate surface area is 214 Å². The summed E-state index contributed by atoms with van der Waals surface area (Å²) >= 11 is 1.75. The zero-order valence-corrected chi connectivity index (χ0v) is 22.2. The molecule has 35 heavy (non-hydrogen) atoms. The van der Waals surface area contributed by atoms with Crippen LogP contribution in [0.25, 0.3) is 0 Å². The number of nitrogens with two attached hydrogens (primary N) is 1. The summed E-state index contributed by atoms with van der Waals surface area (Å²) in [6.45, 7) is 9.00. The van der Waals surface area contributed by atoms with E-state index in [1.54, 1.807) is 18.9 Å². The summed E-state index contributed by atoms with van der Waals surface area (Å²) in [6, 6.07) is 21.0. The molecule has 3 aromatic carbocycles. The number of anilines is 4. The third-order valence-corrected chi connectivity index (χ3v) is 6.50. The standard InChI is InChI=1S/C26H32N4O2S.C2H6/c1-4-28-23-16-20(8-11-22(23)27)30-13-14-32-25-15-19(7-12-24(25)30)26(31-2)29-17-18-5-9-21(33-3)10-6-18;1-2/h5-12,15-16,26,28-29H,4,13-14,17,27H2,1-3H3;1-2H3. The molecule has 3 aromatic rings. The highest BCUT2D eigenvalue weighted by Crippen LogP contribution is 2.39. The summed E-state index contributed by atoms with van der Waals surface area (Å²) in [5.74, 6) is 0.855. The van der Waals surface area contributed by atoms with Crippen molar-refractivity contribution in [1.82, 2.24) is 5.32 Å². The molecule has 1 heterocycles. The number of rotatable bonds is 9. The molecule has 188 valence electrons. The van der Waals surface area contributed by atoms with Crippen molar-refractivity contribution in [1.29, 1.82) is 0 Å². The van der Waals surface area contributed by atoms with Crippen LogP contribution in [0.5, 0.6) is 5.75 Å². The topological polar surface area (TPSA) is 71.8 Å². The Morgan fingerprint density at radius 2 is 1.86 bits per heavy atom. The van der Waals surface area contributed by atoms with Gasteiger partial charge in [-0.1, -0.05) is 32.0 Å². The first-order valence-corrected chi connectivity index (χ1v) is 13.4. The van der Waals surface area contributed by atoms with Gasteiger partial charge < -0.3 is 25.4 Å². The maximum Gasteiger partial charge on any atom is 0.143 e. The van der Waals surface area contributed by atoms with E-state index in [1.165, 1.54) is 10.5 Å². The number of fused-ring (bicyclic) bond motifs is 1. The number of nitrogens with one attached hydrogen (secondary N) is 2. The van der Waals surface area contributed by atoms with Gasteiger partial charge in [-0.25, -0.2) is 0 Å². The molecule has 1 aliphatic rings. The molecule has 0 aromatic heterocycles. The van der Waals surface area contributed by atoms with Gasteiger partial charge in [-0.05, 0) is 66.8 Å². The molecule has 1 aliphatic heterocycles. The van der Waals surface area contributed by atoms with Crippen molar-refractivity contribution >= 4 is 34.5 Å². The minimum absolute atomic E-state index is 0.230. The molecule has 0 fully saturated rings. The van der Waals surface area contributed by atoms with Crippen LogP contribution in [-0.2, 0) is 11.3 Å². The summed E-state index contributed by atoms with van der Waals surface area (Å²) in [5, 5.41) is 6.83. The van der Waals surface area contributed by atoms with Crippen molar-refractivity contribution in [3.63, 3.8) is 0 Å². The molecule has 1 unspecified atom stereocenters. The minimum Gasteiger partial charge on any atom is -0.490 e. The van der Waals surface area contributed by atoms with Gasteiger partial charge in [0.1, 0.15) is 18.6 Å². The number of thioether (sulfide) groups is 1. The Morgan fingerprint density at radius 3 is 2.54 bits per heavy atom. The number of benzene rings is 3. The summed E-state index contributed by atoms with van der Waals surface area (Å²) in [4.78, 5) is 3.53. The highest BCUT2D eigenvalue weighted by Gasteiger charge is 2.22. The van der Waals surface area contributed by atoms with E-state index >= 15 is 0 Å². The second-order valence-corrected chi connectivity index (χ2v) is 8.75. The third-order valence-electron chi connectivity index (χ3n) is 5.75. The maximum atomic E-state index is 6.13. The average Bonchev–Trinajstić information content (AvgIpc) is 2.91. The lowest BCUT2D eigenvalue weighted by Gasteiger charge is -2.32. The van der Waals surface area contributed by atoms with Gasteiger partial charge in [0.2, 0.25) is 0 Å². The molecule has 6 nitrogen and oxygen atoms in total. The second kappa shape index (κ2) is 13.3. The van der Waals surface area contributed by atoms with E-state index in [1.807, 2.05) is 19.9 Å². The van der Waals surface area contributed by atoms with Crippen molar-refractivity contribution in [2.45, 2.75) is 38.4 Å². The molecular formula is C28H38N4O2S. The molecule has 7 heteroatoms. The molecule has 0 saturated heterocycles. The fourth-order valence-corrected chi connectivity index (χ4v) is 4.42. The molecule has 0 saturated carbocycles. The maximum absolute atomic E-state index is 6.13.